The van der Waals surface area contributed by atoms with Gasteiger partial charge in [-0.1, -0.05) is 12.2 Å². The van der Waals surface area contributed by atoms with Crippen LogP contribution >= 0.6 is 23.6 Å². The Bertz CT molecular complexity index is 676. The number of benzene rings is 1. The number of halogens is 2. The molecule has 3 N–H and O–H groups in total. The molecule has 0 atom stereocenters. The smallest absolute Gasteiger partial charge is 0.187 e. The zero-order valence-corrected chi connectivity index (χ0v) is 12.0. The summed E-state index contributed by atoms with van der Waals surface area (Å²) in [5.74, 6) is -2.03. The highest BCUT2D eigenvalue weighted by molar-refractivity contribution is 7.80. The first kappa shape index (κ1) is 13.4. The van der Waals surface area contributed by atoms with Gasteiger partial charge in [-0.3, -0.25) is 0 Å². The van der Waals surface area contributed by atoms with Crippen LogP contribution in [0.1, 0.15) is 22.6 Å². The number of hydrogen-bond acceptors (Lipinski definition) is 4. The lowest BCUT2D eigenvalue weighted by molar-refractivity contribution is 0.510. The van der Waals surface area contributed by atoms with Crippen molar-refractivity contribution in [1.29, 1.82) is 0 Å². The van der Waals surface area contributed by atoms with Crippen molar-refractivity contribution in [2.75, 3.05) is 5.32 Å². The Morgan fingerprint density at radius 1 is 1.30 bits per heavy atom. The summed E-state index contributed by atoms with van der Waals surface area (Å²) in [5.41, 5.74) is 6.33. The third-order valence-corrected chi connectivity index (χ3v) is 4.48. The van der Waals surface area contributed by atoms with Gasteiger partial charge in [-0.15, -0.1) is 11.3 Å². The Morgan fingerprint density at radius 2 is 2.10 bits per heavy atom. The van der Waals surface area contributed by atoms with Crippen molar-refractivity contribution >= 4 is 39.4 Å². The maximum Gasteiger partial charge on any atom is 0.187 e. The molecule has 1 heterocycles. The molecule has 1 aliphatic rings. The summed E-state index contributed by atoms with van der Waals surface area (Å²) in [6.45, 7) is 0. The molecule has 1 aliphatic carbocycles. The lowest BCUT2D eigenvalue weighted by Crippen LogP contribution is -2.13. The molecule has 0 amide bonds. The van der Waals surface area contributed by atoms with Crippen molar-refractivity contribution < 1.29 is 8.78 Å². The van der Waals surface area contributed by atoms with Gasteiger partial charge in [0.15, 0.2) is 16.8 Å². The molecule has 0 radical (unpaired) electrons. The number of nitrogens with zero attached hydrogens (tertiary/aromatic N) is 1. The van der Waals surface area contributed by atoms with Crippen molar-refractivity contribution in [3.8, 4) is 0 Å². The molecule has 0 fully saturated rings. The standard InChI is InChI=1S/C13H11F2N3S2/c14-10-6(12(16)19)4-5-8(11(10)15)18-13-17-7-2-1-3-9(7)20-13/h4-5H,1-3H2,(H2,16,19)(H,17,18). The van der Waals surface area contributed by atoms with E-state index < -0.39 is 11.6 Å². The van der Waals surface area contributed by atoms with Crippen LogP contribution in [-0.2, 0) is 12.8 Å². The van der Waals surface area contributed by atoms with Gasteiger partial charge in [-0.25, -0.2) is 13.8 Å². The van der Waals surface area contributed by atoms with E-state index in [1.165, 1.54) is 28.3 Å². The number of thiazole rings is 1. The van der Waals surface area contributed by atoms with E-state index in [0.717, 1.165) is 25.0 Å². The fourth-order valence-corrected chi connectivity index (χ4v) is 3.42. The van der Waals surface area contributed by atoms with Crippen molar-refractivity contribution in [2.24, 2.45) is 5.73 Å². The SMILES string of the molecule is NC(=S)c1ccc(Nc2nc3c(s2)CCC3)c(F)c1F. The minimum Gasteiger partial charge on any atom is -0.389 e. The van der Waals surface area contributed by atoms with Gasteiger partial charge in [0.05, 0.1) is 11.4 Å². The molecule has 1 aromatic carbocycles. The molecule has 2 aromatic rings. The predicted octanol–water partition coefficient (Wildman–Crippen LogP) is 3.29. The first-order valence-corrected chi connectivity index (χ1v) is 7.32. The molecule has 0 saturated carbocycles. The molecule has 7 heteroatoms. The molecule has 1 aromatic heterocycles. The lowest BCUT2D eigenvalue weighted by atomic mass is 10.2. The summed E-state index contributed by atoms with van der Waals surface area (Å²) in [6, 6.07) is 2.78. The number of hydrogen-bond donors (Lipinski definition) is 2. The van der Waals surface area contributed by atoms with Crippen molar-refractivity contribution in [1.82, 2.24) is 4.98 Å². The first-order valence-electron chi connectivity index (χ1n) is 6.09. The maximum absolute atomic E-state index is 13.9. The largest absolute Gasteiger partial charge is 0.389 e. The second-order valence-corrected chi connectivity index (χ2v) is 6.04. The van der Waals surface area contributed by atoms with E-state index in [4.69, 9.17) is 5.73 Å². The van der Waals surface area contributed by atoms with E-state index in [1.54, 1.807) is 0 Å². The zero-order chi connectivity index (χ0) is 14.3. The molecule has 0 aliphatic heterocycles. The molecular formula is C13H11F2N3S2. The number of fused-ring (bicyclic) bond motifs is 1. The molecule has 3 rings (SSSR count). The van der Waals surface area contributed by atoms with Crippen LogP contribution in [0.25, 0.3) is 0 Å². The third-order valence-electron chi connectivity index (χ3n) is 3.19. The summed E-state index contributed by atoms with van der Waals surface area (Å²) in [5, 5.41) is 3.40. The summed E-state index contributed by atoms with van der Waals surface area (Å²) < 4.78 is 27.7. The minimum atomic E-state index is -1.04. The second kappa shape index (κ2) is 5.06. The Hall–Kier alpha value is -1.60. The van der Waals surface area contributed by atoms with E-state index in [0.29, 0.717) is 5.13 Å². The van der Waals surface area contributed by atoms with E-state index in [1.807, 2.05) is 0 Å². The van der Waals surface area contributed by atoms with Crippen molar-refractivity contribution in [3.63, 3.8) is 0 Å². The topological polar surface area (TPSA) is 50.9 Å². The van der Waals surface area contributed by atoms with Crippen molar-refractivity contribution in [3.05, 3.63) is 39.9 Å². The van der Waals surface area contributed by atoms with Gasteiger partial charge in [0.2, 0.25) is 0 Å². The minimum absolute atomic E-state index is 0.0370. The van der Waals surface area contributed by atoms with Crippen LogP contribution in [0.15, 0.2) is 12.1 Å². The number of nitrogens with one attached hydrogen (secondary N) is 1. The number of rotatable bonds is 3. The van der Waals surface area contributed by atoms with E-state index >= 15 is 0 Å². The summed E-state index contributed by atoms with van der Waals surface area (Å²) in [6.07, 6.45) is 3.07. The summed E-state index contributed by atoms with van der Waals surface area (Å²) >= 11 is 6.15. The highest BCUT2D eigenvalue weighted by Gasteiger charge is 2.19. The summed E-state index contributed by atoms with van der Waals surface area (Å²) in [4.78, 5) is 5.43. The number of aromatic nitrogens is 1. The molecule has 104 valence electrons. The molecule has 0 bridgehead atoms. The quantitative estimate of drug-likeness (QED) is 0.854. The highest BCUT2D eigenvalue weighted by Crippen LogP contribution is 2.33. The van der Waals surface area contributed by atoms with Gasteiger partial charge in [0, 0.05) is 10.4 Å². The van der Waals surface area contributed by atoms with Crippen LogP contribution < -0.4 is 11.1 Å². The van der Waals surface area contributed by atoms with Gasteiger partial charge in [0.1, 0.15) is 4.99 Å². The monoisotopic (exact) mass is 311 g/mol. The van der Waals surface area contributed by atoms with Gasteiger partial charge < -0.3 is 11.1 Å². The average Bonchev–Trinajstić information content (AvgIpc) is 2.95. The molecule has 0 unspecified atom stereocenters. The van der Waals surface area contributed by atoms with Crippen LogP contribution in [-0.4, -0.2) is 9.97 Å². The Kier molecular flexibility index (Phi) is 3.39. The molecule has 0 spiro atoms. The Morgan fingerprint density at radius 3 is 2.80 bits per heavy atom. The normalized spacial score (nSPS) is 13.3. The first-order chi connectivity index (χ1) is 9.56. The zero-order valence-electron chi connectivity index (χ0n) is 10.4. The number of thiocarbonyl (C=S) groups is 1. The van der Waals surface area contributed by atoms with Crippen LogP contribution in [0, 0.1) is 11.6 Å². The third kappa shape index (κ3) is 2.27. The second-order valence-electron chi connectivity index (χ2n) is 4.52. The van der Waals surface area contributed by atoms with E-state index in [-0.39, 0.29) is 16.2 Å². The predicted molar refractivity (Wildman–Crippen MR) is 79.7 cm³/mol. The fourth-order valence-electron chi connectivity index (χ4n) is 2.20. The van der Waals surface area contributed by atoms with E-state index in [9.17, 15) is 8.78 Å². The van der Waals surface area contributed by atoms with Crippen LogP contribution in [0.5, 0.6) is 0 Å². The number of anilines is 2. The Balaban J connectivity index is 1.90. The number of nitrogens with two attached hydrogens (primary N) is 1. The van der Waals surface area contributed by atoms with Crippen LogP contribution in [0.2, 0.25) is 0 Å². The van der Waals surface area contributed by atoms with E-state index in [2.05, 4.69) is 22.5 Å². The average molecular weight is 311 g/mol. The van der Waals surface area contributed by atoms with Gasteiger partial charge in [-0.05, 0) is 31.4 Å². The van der Waals surface area contributed by atoms with Gasteiger partial charge in [-0.2, -0.15) is 0 Å². The molecule has 0 saturated heterocycles. The van der Waals surface area contributed by atoms with Gasteiger partial charge in [0.25, 0.3) is 0 Å². The molecular weight excluding hydrogens is 300 g/mol. The number of aryl methyl sites for hydroxylation is 2. The molecule has 20 heavy (non-hydrogen) atoms. The summed E-state index contributed by atoms with van der Waals surface area (Å²) in [7, 11) is 0. The van der Waals surface area contributed by atoms with Crippen LogP contribution in [0.4, 0.5) is 19.6 Å². The molecule has 3 nitrogen and oxygen atoms in total. The Labute approximate surface area is 123 Å². The highest BCUT2D eigenvalue weighted by atomic mass is 32.1. The lowest BCUT2D eigenvalue weighted by Gasteiger charge is -2.08. The van der Waals surface area contributed by atoms with Gasteiger partial charge >= 0.3 is 0 Å². The fraction of sp³-hybridized carbons (Fsp3) is 0.231. The van der Waals surface area contributed by atoms with Crippen molar-refractivity contribution in [2.45, 2.75) is 19.3 Å². The van der Waals surface area contributed by atoms with Crippen LogP contribution in [0.3, 0.4) is 0 Å². The maximum atomic E-state index is 13.9.